The predicted octanol–water partition coefficient (Wildman–Crippen LogP) is 3.07. The Morgan fingerprint density at radius 2 is 2.25 bits per heavy atom. The maximum absolute atomic E-state index is 4.51. The van der Waals surface area contributed by atoms with E-state index in [1.54, 1.807) is 0 Å². The van der Waals surface area contributed by atoms with Gasteiger partial charge in [-0.3, -0.25) is 0 Å². The van der Waals surface area contributed by atoms with E-state index in [1.165, 1.54) is 0 Å². The third-order valence-electron chi connectivity index (χ3n) is 2.34. The first-order valence-corrected chi connectivity index (χ1v) is 6.29. The number of imidazole rings is 1. The second-order valence-electron chi connectivity index (χ2n) is 4.37. The van der Waals surface area contributed by atoms with Crippen LogP contribution in [0.5, 0.6) is 0 Å². The molecule has 0 spiro atoms. The highest BCUT2D eigenvalue weighted by molar-refractivity contribution is 9.10. The Kier molecular flexibility index (Phi) is 3.61. The number of nitrogens with zero attached hydrogens (tertiary/aromatic N) is 1. The fraction of sp³-hybridized carbons (Fsp3) is 0.417. The molecule has 3 nitrogen and oxygen atoms in total. The first-order chi connectivity index (χ1) is 7.65. The fourth-order valence-electron chi connectivity index (χ4n) is 1.60. The molecule has 16 heavy (non-hydrogen) atoms. The highest BCUT2D eigenvalue weighted by atomic mass is 79.9. The lowest BCUT2D eigenvalue weighted by atomic mass is 10.2. The van der Waals surface area contributed by atoms with Crippen molar-refractivity contribution in [3.8, 4) is 0 Å². The minimum Gasteiger partial charge on any atom is -0.341 e. The Morgan fingerprint density at radius 3 is 3.00 bits per heavy atom. The molecule has 0 aliphatic rings. The van der Waals surface area contributed by atoms with Crippen LogP contribution >= 0.6 is 15.9 Å². The van der Waals surface area contributed by atoms with Gasteiger partial charge in [0.25, 0.3) is 0 Å². The van der Waals surface area contributed by atoms with E-state index >= 15 is 0 Å². The summed E-state index contributed by atoms with van der Waals surface area (Å²) in [6.45, 7) is 6.21. The van der Waals surface area contributed by atoms with Crippen molar-refractivity contribution in [3.05, 3.63) is 28.5 Å². The zero-order chi connectivity index (χ0) is 11.5. The van der Waals surface area contributed by atoms with Gasteiger partial charge in [-0.2, -0.15) is 0 Å². The molecule has 0 aliphatic heterocycles. The first-order valence-electron chi connectivity index (χ1n) is 5.50. The minimum absolute atomic E-state index is 0.665. The van der Waals surface area contributed by atoms with Crippen molar-refractivity contribution >= 4 is 27.0 Å². The number of nitrogens with one attached hydrogen (secondary N) is 2. The third kappa shape index (κ3) is 2.83. The van der Waals surface area contributed by atoms with E-state index in [0.717, 1.165) is 34.4 Å². The summed E-state index contributed by atoms with van der Waals surface area (Å²) in [5, 5.41) is 3.37. The highest BCUT2D eigenvalue weighted by Gasteiger charge is 2.02. The van der Waals surface area contributed by atoms with E-state index in [9.17, 15) is 0 Å². The molecule has 0 aliphatic carbocycles. The number of aromatic amines is 1. The Balaban J connectivity index is 2.08. The molecule has 0 bridgehead atoms. The number of H-pyrrole nitrogens is 1. The van der Waals surface area contributed by atoms with Gasteiger partial charge in [-0.05, 0) is 30.7 Å². The summed E-state index contributed by atoms with van der Waals surface area (Å²) < 4.78 is 1.07. The van der Waals surface area contributed by atoms with Crippen LogP contribution < -0.4 is 5.32 Å². The van der Waals surface area contributed by atoms with Gasteiger partial charge in [0.1, 0.15) is 5.82 Å². The van der Waals surface area contributed by atoms with Crippen molar-refractivity contribution in [2.45, 2.75) is 20.4 Å². The molecule has 0 saturated carbocycles. The van der Waals surface area contributed by atoms with E-state index in [-0.39, 0.29) is 0 Å². The number of halogens is 1. The largest absolute Gasteiger partial charge is 0.341 e. The molecule has 1 aromatic heterocycles. The molecular weight excluding hydrogens is 266 g/mol. The topological polar surface area (TPSA) is 40.7 Å². The molecule has 0 atom stereocenters. The fourth-order valence-corrected chi connectivity index (χ4v) is 1.96. The predicted molar refractivity (Wildman–Crippen MR) is 70.3 cm³/mol. The molecule has 2 aromatic rings. The normalized spacial score (nSPS) is 11.5. The number of rotatable bonds is 4. The summed E-state index contributed by atoms with van der Waals surface area (Å²) in [7, 11) is 0. The number of benzene rings is 1. The lowest BCUT2D eigenvalue weighted by Gasteiger charge is -2.04. The summed E-state index contributed by atoms with van der Waals surface area (Å²) in [6.07, 6.45) is 0. The monoisotopic (exact) mass is 281 g/mol. The number of hydrogen-bond acceptors (Lipinski definition) is 2. The average Bonchev–Trinajstić information content (AvgIpc) is 2.58. The third-order valence-corrected chi connectivity index (χ3v) is 2.83. The smallest absolute Gasteiger partial charge is 0.121 e. The van der Waals surface area contributed by atoms with Crippen LogP contribution in [0.1, 0.15) is 19.7 Å². The highest BCUT2D eigenvalue weighted by Crippen LogP contribution is 2.17. The van der Waals surface area contributed by atoms with Gasteiger partial charge in [-0.15, -0.1) is 0 Å². The molecule has 0 radical (unpaired) electrons. The number of fused-ring (bicyclic) bond motifs is 1. The Hall–Kier alpha value is -0.870. The molecule has 1 heterocycles. The molecule has 0 saturated heterocycles. The maximum atomic E-state index is 4.51. The lowest BCUT2D eigenvalue weighted by Crippen LogP contribution is -2.19. The van der Waals surface area contributed by atoms with Crippen LogP contribution in [0.2, 0.25) is 0 Å². The summed E-state index contributed by atoms with van der Waals surface area (Å²) >= 11 is 3.45. The van der Waals surface area contributed by atoms with Crippen LogP contribution in [0.4, 0.5) is 0 Å². The van der Waals surface area contributed by atoms with Crippen LogP contribution in [0.25, 0.3) is 11.0 Å². The van der Waals surface area contributed by atoms with Gasteiger partial charge < -0.3 is 10.3 Å². The average molecular weight is 282 g/mol. The zero-order valence-corrected chi connectivity index (χ0v) is 11.1. The van der Waals surface area contributed by atoms with Gasteiger partial charge >= 0.3 is 0 Å². The van der Waals surface area contributed by atoms with E-state index in [2.05, 4.69) is 45.1 Å². The number of hydrogen-bond donors (Lipinski definition) is 2. The standard InChI is InChI=1S/C12H16BrN3/c1-8(2)6-14-7-12-15-10-4-3-9(13)5-11(10)16-12/h3-5,8,14H,6-7H2,1-2H3,(H,15,16). The Bertz CT molecular complexity index is 476. The molecule has 4 heteroatoms. The molecular formula is C12H16BrN3. The van der Waals surface area contributed by atoms with Crippen molar-refractivity contribution in [2.75, 3.05) is 6.54 Å². The van der Waals surface area contributed by atoms with Gasteiger partial charge in [0.2, 0.25) is 0 Å². The first kappa shape index (κ1) is 11.6. The van der Waals surface area contributed by atoms with Crippen LogP contribution in [-0.4, -0.2) is 16.5 Å². The van der Waals surface area contributed by atoms with Crippen LogP contribution in [0, 0.1) is 5.92 Å². The SMILES string of the molecule is CC(C)CNCc1nc2ccc(Br)cc2[nH]1. The molecule has 86 valence electrons. The van der Waals surface area contributed by atoms with Gasteiger partial charge in [0.05, 0.1) is 17.6 Å². The second kappa shape index (κ2) is 4.97. The van der Waals surface area contributed by atoms with Crippen molar-refractivity contribution in [1.82, 2.24) is 15.3 Å². The van der Waals surface area contributed by atoms with Crippen LogP contribution in [-0.2, 0) is 6.54 Å². The Labute approximate surface area is 104 Å². The van der Waals surface area contributed by atoms with Gasteiger partial charge in [-0.1, -0.05) is 29.8 Å². The molecule has 0 amide bonds. The summed E-state index contributed by atoms with van der Waals surface area (Å²) in [6, 6.07) is 6.07. The van der Waals surface area contributed by atoms with Gasteiger partial charge in [0.15, 0.2) is 0 Å². The van der Waals surface area contributed by atoms with E-state index < -0.39 is 0 Å². The Morgan fingerprint density at radius 1 is 1.44 bits per heavy atom. The molecule has 0 fully saturated rings. The second-order valence-corrected chi connectivity index (χ2v) is 5.29. The molecule has 0 unspecified atom stereocenters. The quantitative estimate of drug-likeness (QED) is 0.904. The van der Waals surface area contributed by atoms with Crippen molar-refractivity contribution in [1.29, 1.82) is 0 Å². The van der Waals surface area contributed by atoms with Gasteiger partial charge in [-0.25, -0.2) is 4.98 Å². The van der Waals surface area contributed by atoms with Crippen LogP contribution in [0.15, 0.2) is 22.7 Å². The molecule has 1 aromatic carbocycles. The van der Waals surface area contributed by atoms with Crippen LogP contribution in [0.3, 0.4) is 0 Å². The zero-order valence-electron chi connectivity index (χ0n) is 9.55. The van der Waals surface area contributed by atoms with Crippen molar-refractivity contribution < 1.29 is 0 Å². The van der Waals surface area contributed by atoms with Crippen molar-refractivity contribution in [3.63, 3.8) is 0 Å². The summed E-state index contributed by atoms with van der Waals surface area (Å²) in [4.78, 5) is 7.82. The number of aromatic nitrogens is 2. The molecule has 2 rings (SSSR count). The van der Waals surface area contributed by atoms with E-state index in [0.29, 0.717) is 5.92 Å². The van der Waals surface area contributed by atoms with Gasteiger partial charge in [0, 0.05) is 4.47 Å². The minimum atomic E-state index is 0.665. The summed E-state index contributed by atoms with van der Waals surface area (Å²) in [5.74, 6) is 1.66. The summed E-state index contributed by atoms with van der Waals surface area (Å²) in [5.41, 5.74) is 2.10. The molecule has 2 N–H and O–H groups in total. The lowest BCUT2D eigenvalue weighted by molar-refractivity contribution is 0.545. The van der Waals surface area contributed by atoms with E-state index in [4.69, 9.17) is 0 Å². The van der Waals surface area contributed by atoms with Crippen molar-refractivity contribution in [2.24, 2.45) is 5.92 Å². The van der Waals surface area contributed by atoms with E-state index in [1.807, 2.05) is 18.2 Å². The maximum Gasteiger partial charge on any atom is 0.121 e.